The lowest BCUT2D eigenvalue weighted by molar-refractivity contribution is 0.441. The zero-order chi connectivity index (χ0) is 15.1. The van der Waals surface area contributed by atoms with Crippen molar-refractivity contribution < 1.29 is 12.8 Å². The fourth-order valence-electron chi connectivity index (χ4n) is 1.98. The monoisotopic (exact) mass is 298 g/mol. The summed E-state index contributed by atoms with van der Waals surface area (Å²) in [6.45, 7) is 5.16. The number of furan rings is 1. The topological polar surface area (TPSA) is 103 Å². The molecule has 110 valence electrons. The first kappa shape index (κ1) is 14.6. The normalized spacial score (nSPS) is 13.6. The van der Waals surface area contributed by atoms with Gasteiger partial charge < -0.3 is 10.2 Å². The second-order valence-electron chi connectivity index (χ2n) is 4.71. The van der Waals surface area contributed by atoms with Crippen molar-refractivity contribution in [2.24, 2.45) is 7.05 Å². The van der Waals surface area contributed by atoms with Crippen LogP contribution in [0, 0.1) is 13.8 Å². The summed E-state index contributed by atoms with van der Waals surface area (Å²) in [4.78, 5) is 0.00938. The predicted molar refractivity (Wildman–Crippen MR) is 74.5 cm³/mol. The molecule has 0 amide bonds. The molecule has 3 N–H and O–H groups in total. The smallest absolute Gasteiger partial charge is 0.246 e. The number of nitrogens with two attached hydrogens (primary N) is 1. The number of nitrogens with one attached hydrogen (secondary N) is 1. The number of hydrogen-bond donors (Lipinski definition) is 2. The summed E-state index contributed by atoms with van der Waals surface area (Å²) in [7, 11) is -2.11. The molecule has 2 rings (SSSR count). The van der Waals surface area contributed by atoms with Gasteiger partial charge in [0.05, 0.1) is 11.7 Å². The summed E-state index contributed by atoms with van der Waals surface area (Å²) in [5.74, 6) is 1.26. The van der Waals surface area contributed by atoms with Crippen molar-refractivity contribution >= 4 is 15.8 Å². The first-order chi connectivity index (χ1) is 9.22. The average molecular weight is 298 g/mol. The Kier molecular flexibility index (Phi) is 3.61. The highest BCUT2D eigenvalue weighted by molar-refractivity contribution is 7.89. The Balaban J connectivity index is 2.32. The molecule has 8 heteroatoms. The van der Waals surface area contributed by atoms with Crippen molar-refractivity contribution in [3.05, 3.63) is 29.3 Å². The van der Waals surface area contributed by atoms with Gasteiger partial charge in [0.25, 0.3) is 0 Å². The SMILES string of the molecule is Cc1ccc(C(C)NS(=O)(=O)c2c(N)nn(C)c2C)o1. The van der Waals surface area contributed by atoms with Crippen molar-refractivity contribution in [2.45, 2.75) is 31.7 Å². The number of nitrogens with zero attached hydrogens (tertiary/aromatic N) is 2. The largest absolute Gasteiger partial charge is 0.465 e. The minimum absolute atomic E-state index is 0.00938. The fraction of sp³-hybridized carbons (Fsp3) is 0.417. The Morgan fingerprint density at radius 2 is 2.05 bits per heavy atom. The van der Waals surface area contributed by atoms with Crippen LogP contribution in [0.25, 0.3) is 0 Å². The Morgan fingerprint density at radius 3 is 2.50 bits per heavy atom. The maximum Gasteiger partial charge on any atom is 0.246 e. The van der Waals surface area contributed by atoms with Gasteiger partial charge in [-0.3, -0.25) is 4.68 Å². The van der Waals surface area contributed by atoms with E-state index >= 15 is 0 Å². The highest BCUT2D eigenvalue weighted by Crippen LogP contribution is 2.24. The van der Waals surface area contributed by atoms with Crippen LogP contribution in [-0.2, 0) is 17.1 Å². The molecule has 2 aromatic heterocycles. The molecule has 7 nitrogen and oxygen atoms in total. The summed E-state index contributed by atoms with van der Waals surface area (Å²) < 4.78 is 34.2. The van der Waals surface area contributed by atoms with E-state index in [2.05, 4.69) is 9.82 Å². The van der Waals surface area contributed by atoms with E-state index in [1.54, 1.807) is 40.0 Å². The third-order valence-corrected chi connectivity index (χ3v) is 4.80. The van der Waals surface area contributed by atoms with Crippen LogP contribution in [0.5, 0.6) is 0 Å². The molecule has 20 heavy (non-hydrogen) atoms. The average Bonchev–Trinajstić information content (AvgIpc) is 2.84. The van der Waals surface area contributed by atoms with E-state index in [1.807, 2.05) is 0 Å². The molecule has 0 aliphatic carbocycles. The van der Waals surface area contributed by atoms with Crippen LogP contribution in [-0.4, -0.2) is 18.2 Å². The zero-order valence-electron chi connectivity index (χ0n) is 11.8. The van der Waals surface area contributed by atoms with Crippen LogP contribution in [0.3, 0.4) is 0 Å². The number of rotatable bonds is 4. The molecule has 0 aliphatic rings. The third-order valence-electron chi connectivity index (χ3n) is 3.09. The van der Waals surface area contributed by atoms with Gasteiger partial charge in [0.1, 0.15) is 16.4 Å². The lowest BCUT2D eigenvalue weighted by Gasteiger charge is -2.12. The van der Waals surface area contributed by atoms with Crippen molar-refractivity contribution in [1.82, 2.24) is 14.5 Å². The second kappa shape index (κ2) is 4.95. The number of aryl methyl sites for hydroxylation is 2. The van der Waals surface area contributed by atoms with Crippen molar-refractivity contribution in [2.75, 3.05) is 5.73 Å². The molecule has 2 aromatic rings. The van der Waals surface area contributed by atoms with Crippen LogP contribution in [0.15, 0.2) is 21.4 Å². The van der Waals surface area contributed by atoms with Gasteiger partial charge in [0.2, 0.25) is 10.0 Å². The second-order valence-corrected chi connectivity index (χ2v) is 6.37. The molecule has 0 saturated heterocycles. The Hall–Kier alpha value is -1.80. The van der Waals surface area contributed by atoms with Gasteiger partial charge >= 0.3 is 0 Å². The van der Waals surface area contributed by atoms with Crippen molar-refractivity contribution in [3.8, 4) is 0 Å². The number of sulfonamides is 1. The van der Waals surface area contributed by atoms with Crippen LogP contribution < -0.4 is 10.5 Å². The molecule has 0 radical (unpaired) electrons. The highest BCUT2D eigenvalue weighted by Gasteiger charge is 2.27. The van der Waals surface area contributed by atoms with E-state index in [1.165, 1.54) is 4.68 Å². The molecule has 2 heterocycles. The van der Waals surface area contributed by atoms with Gasteiger partial charge in [-0.1, -0.05) is 0 Å². The maximum absolute atomic E-state index is 12.4. The summed E-state index contributed by atoms with van der Waals surface area (Å²) in [5.41, 5.74) is 6.16. The van der Waals surface area contributed by atoms with E-state index in [-0.39, 0.29) is 10.7 Å². The van der Waals surface area contributed by atoms with Crippen LogP contribution >= 0.6 is 0 Å². The molecule has 0 aromatic carbocycles. The lowest BCUT2D eigenvalue weighted by atomic mass is 10.3. The number of nitrogen functional groups attached to an aromatic ring is 1. The minimum Gasteiger partial charge on any atom is -0.465 e. The predicted octanol–water partition coefficient (Wildman–Crippen LogP) is 1.25. The third kappa shape index (κ3) is 2.56. The van der Waals surface area contributed by atoms with Gasteiger partial charge in [-0.15, -0.1) is 0 Å². The maximum atomic E-state index is 12.4. The van der Waals surface area contributed by atoms with Gasteiger partial charge in [-0.05, 0) is 32.9 Å². The molecular formula is C12H18N4O3S. The number of aromatic nitrogens is 2. The zero-order valence-corrected chi connectivity index (χ0v) is 12.7. The van der Waals surface area contributed by atoms with Crippen LogP contribution in [0.1, 0.15) is 30.2 Å². The standard InChI is InChI=1S/C12H18N4O3S/c1-7-5-6-10(19-7)8(2)15-20(17,18)11-9(3)16(4)14-12(11)13/h5-6,8,15H,1-4H3,(H2,13,14). The van der Waals surface area contributed by atoms with Crippen molar-refractivity contribution in [3.63, 3.8) is 0 Å². The molecule has 0 bridgehead atoms. The Labute approximate surface area is 117 Å². The van der Waals surface area contributed by atoms with Crippen LogP contribution in [0.2, 0.25) is 0 Å². The van der Waals surface area contributed by atoms with Gasteiger partial charge in [-0.2, -0.15) is 5.10 Å². The van der Waals surface area contributed by atoms with E-state index in [0.717, 1.165) is 5.76 Å². The van der Waals surface area contributed by atoms with Gasteiger partial charge in [0, 0.05) is 7.05 Å². The lowest BCUT2D eigenvalue weighted by Crippen LogP contribution is -2.27. The number of anilines is 1. The molecule has 0 aliphatic heterocycles. The van der Waals surface area contributed by atoms with E-state index < -0.39 is 16.1 Å². The molecule has 1 unspecified atom stereocenters. The Morgan fingerprint density at radius 1 is 1.40 bits per heavy atom. The quantitative estimate of drug-likeness (QED) is 0.884. The van der Waals surface area contributed by atoms with Crippen molar-refractivity contribution in [1.29, 1.82) is 0 Å². The van der Waals surface area contributed by atoms with Gasteiger partial charge in [0.15, 0.2) is 5.82 Å². The molecule has 0 spiro atoms. The van der Waals surface area contributed by atoms with E-state index in [4.69, 9.17) is 10.2 Å². The first-order valence-electron chi connectivity index (χ1n) is 6.10. The minimum atomic E-state index is -3.76. The fourth-order valence-corrected chi connectivity index (χ4v) is 3.52. The van der Waals surface area contributed by atoms with E-state index in [9.17, 15) is 8.42 Å². The molecule has 1 atom stereocenters. The molecule has 0 saturated carbocycles. The summed E-state index contributed by atoms with van der Waals surface area (Å²) in [6, 6.07) is 3.03. The highest BCUT2D eigenvalue weighted by atomic mass is 32.2. The van der Waals surface area contributed by atoms with Gasteiger partial charge in [-0.25, -0.2) is 13.1 Å². The summed E-state index contributed by atoms with van der Waals surface area (Å²) >= 11 is 0. The molecular weight excluding hydrogens is 280 g/mol. The molecule has 0 fully saturated rings. The number of hydrogen-bond acceptors (Lipinski definition) is 5. The Bertz CT molecular complexity index is 730. The van der Waals surface area contributed by atoms with E-state index in [0.29, 0.717) is 11.5 Å². The van der Waals surface area contributed by atoms with Crippen LogP contribution in [0.4, 0.5) is 5.82 Å². The first-order valence-corrected chi connectivity index (χ1v) is 7.58. The summed E-state index contributed by atoms with van der Waals surface area (Å²) in [5, 5.41) is 3.91. The summed E-state index contributed by atoms with van der Waals surface area (Å²) in [6.07, 6.45) is 0.